The second-order valence-electron chi connectivity index (χ2n) is 11.8. The molecule has 2 N–H and O–H groups in total. The summed E-state index contributed by atoms with van der Waals surface area (Å²) in [5.41, 5.74) is 17.2. The molecular weight excluding hydrogens is 490 g/mol. The highest BCUT2D eigenvalue weighted by molar-refractivity contribution is 5.69. The van der Waals surface area contributed by atoms with Gasteiger partial charge in [-0.3, -0.25) is 0 Å². The van der Waals surface area contributed by atoms with E-state index in [1.54, 1.807) is 0 Å². The number of ether oxygens (including phenoxy) is 1. The Bertz CT molecular complexity index is 1140. The molecule has 0 aliphatic rings. The van der Waals surface area contributed by atoms with Crippen molar-refractivity contribution in [2.45, 2.75) is 120 Å². The van der Waals surface area contributed by atoms with Crippen LogP contribution in [0.1, 0.15) is 118 Å². The van der Waals surface area contributed by atoms with Crippen LogP contribution in [0.25, 0.3) is 0 Å². The fourth-order valence-electron chi connectivity index (χ4n) is 4.50. The zero-order valence-corrected chi connectivity index (χ0v) is 26.9. The molecule has 0 radical (unpaired) electrons. The summed E-state index contributed by atoms with van der Waals surface area (Å²) in [6.45, 7) is 19.5. The maximum atomic E-state index is 11.8. The van der Waals surface area contributed by atoms with E-state index < -0.39 is 6.09 Å². The highest BCUT2D eigenvalue weighted by Crippen LogP contribution is 2.30. The largest absolute Gasteiger partial charge is 0.410 e. The van der Waals surface area contributed by atoms with Crippen LogP contribution in [0.3, 0.4) is 0 Å². The van der Waals surface area contributed by atoms with Crippen molar-refractivity contribution >= 4 is 6.09 Å². The number of nitrogens with two attached hydrogens (primary N) is 1. The molecule has 3 heteroatoms. The van der Waals surface area contributed by atoms with E-state index in [0.29, 0.717) is 12.2 Å². The molecule has 1 aromatic rings. The molecule has 0 heterocycles. The van der Waals surface area contributed by atoms with Gasteiger partial charge in [-0.2, -0.15) is 0 Å². The van der Waals surface area contributed by atoms with Crippen molar-refractivity contribution in [2.24, 2.45) is 5.73 Å². The third-order valence-electron chi connectivity index (χ3n) is 6.95. The Morgan fingerprint density at radius 2 is 1.00 bits per heavy atom. The number of allylic oxidation sites excluding steroid dienone is 12. The summed E-state index contributed by atoms with van der Waals surface area (Å²) in [5, 5.41) is 0. The van der Waals surface area contributed by atoms with Crippen molar-refractivity contribution in [2.75, 3.05) is 0 Å². The predicted octanol–water partition coefficient (Wildman–Crippen LogP) is 10.8. The van der Waals surface area contributed by atoms with Gasteiger partial charge in [0.1, 0.15) is 5.75 Å². The first-order valence-electron chi connectivity index (χ1n) is 14.9. The van der Waals surface area contributed by atoms with E-state index in [4.69, 9.17) is 10.5 Å². The molecule has 0 bridgehead atoms. The highest BCUT2D eigenvalue weighted by Gasteiger charge is 2.15. The Labute approximate surface area is 245 Å². The number of hydrogen-bond acceptors (Lipinski definition) is 2. The zero-order valence-electron chi connectivity index (χ0n) is 26.9. The summed E-state index contributed by atoms with van der Waals surface area (Å²) in [6.07, 6.45) is 21.7. The second kappa shape index (κ2) is 19.1. The van der Waals surface area contributed by atoms with E-state index in [2.05, 4.69) is 105 Å². The fraction of sp³-hybridized carbons (Fsp3) is 0.486. The summed E-state index contributed by atoms with van der Waals surface area (Å²) in [4.78, 5) is 11.8. The summed E-state index contributed by atoms with van der Waals surface area (Å²) in [7, 11) is 0. The van der Waals surface area contributed by atoms with E-state index >= 15 is 0 Å². The molecule has 0 unspecified atom stereocenters. The van der Waals surface area contributed by atoms with Crippen LogP contribution in [0.4, 0.5) is 4.79 Å². The molecule has 0 aliphatic carbocycles. The number of rotatable bonds is 16. The van der Waals surface area contributed by atoms with Crippen LogP contribution in [0, 0.1) is 0 Å². The minimum absolute atomic E-state index is 0.569. The molecule has 1 rings (SSSR count). The molecule has 0 aliphatic heterocycles. The van der Waals surface area contributed by atoms with Crippen LogP contribution in [0.2, 0.25) is 0 Å². The zero-order chi connectivity index (χ0) is 30.1. The van der Waals surface area contributed by atoms with Gasteiger partial charge >= 0.3 is 6.09 Å². The summed E-state index contributed by atoms with van der Waals surface area (Å²) >= 11 is 0. The summed E-state index contributed by atoms with van der Waals surface area (Å²) < 4.78 is 5.53. The van der Waals surface area contributed by atoms with Gasteiger partial charge in [0, 0.05) is 5.56 Å². The molecule has 3 nitrogen and oxygen atoms in total. The first-order chi connectivity index (χ1) is 18.9. The van der Waals surface area contributed by atoms with E-state index in [0.717, 1.165) is 56.9 Å². The minimum Gasteiger partial charge on any atom is -0.410 e. The molecule has 0 aromatic heterocycles. The van der Waals surface area contributed by atoms with Crippen LogP contribution in [-0.4, -0.2) is 6.09 Å². The number of benzene rings is 1. The van der Waals surface area contributed by atoms with Gasteiger partial charge in [-0.05, 0) is 137 Å². The Kier molecular flexibility index (Phi) is 16.7. The van der Waals surface area contributed by atoms with E-state index in [1.807, 2.05) is 6.07 Å². The van der Waals surface area contributed by atoms with Crippen molar-refractivity contribution in [3.8, 4) is 5.75 Å². The average Bonchev–Trinajstić information content (AvgIpc) is 2.85. The average molecular weight is 546 g/mol. The molecule has 1 aromatic carbocycles. The Hall–Kier alpha value is -3.07. The molecule has 0 saturated carbocycles. The predicted molar refractivity (Wildman–Crippen MR) is 175 cm³/mol. The number of carbonyl (C=O) groups excluding carboxylic acids is 1. The van der Waals surface area contributed by atoms with Crippen molar-refractivity contribution in [3.63, 3.8) is 0 Å². The summed E-state index contributed by atoms with van der Waals surface area (Å²) in [5.74, 6) is 0.569. The minimum atomic E-state index is -0.771. The number of primary amides is 1. The lowest BCUT2D eigenvalue weighted by Crippen LogP contribution is -2.18. The molecule has 0 saturated heterocycles. The molecule has 0 fully saturated rings. The number of carbonyl (C=O) groups is 1. The Morgan fingerprint density at radius 3 is 1.40 bits per heavy atom. The molecule has 1 amide bonds. The third-order valence-corrected chi connectivity index (χ3v) is 6.95. The van der Waals surface area contributed by atoms with Crippen LogP contribution < -0.4 is 10.5 Å². The van der Waals surface area contributed by atoms with Gasteiger partial charge in [-0.15, -0.1) is 0 Å². The lowest BCUT2D eigenvalue weighted by molar-refractivity contribution is 0.210. The van der Waals surface area contributed by atoms with Crippen LogP contribution in [0.15, 0.2) is 82.0 Å². The first-order valence-corrected chi connectivity index (χ1v) is 14.9. The van der Waals surface area contributed by atoms with Crippen LogP contribution in [-0.2, 0) is 19.3 Å². The normalized spacial score (nSPS) is 12.2. The van der Waals surface area contributed by atoms with Gasteiger partial charge in [0.15, 0.2) is 0 Å². The van der Waals surface area contributed by atoms with Gasteiger partial charge in [0.05, 0.1) is 0 Å². The van der Waals surface area contributed by atoms with Gasteiger partial charge in [-0.25, -0.2) is 4.79 Å². The Balaban J connectivity index is 3.44. The van der Waals surface area contributed by atoms with Crippen molar-refractivity contribution in [1.29, 1.82) is 0 Å². The van der Waals surface area contributed by atoms with E-state index in [1.165, 1.54) is 44.6 Å². The molecule has 0 atom stereocenters. The second-order valence-corrected chi connectivity index (χ2v) is 11.8. The van der Waals surface area contributed by atoms with Gasteiger partial charge in [0.2, 0.25) is 0 Å². The number of hydrogen-bond donors (Lipinski definition) is 1. The SMILES string of the molecule is CC(C)=CCC/C(C)=C\Cc1ccc(OC(N)=O)c(C/C=C(/C)CCC=C(C)C)c1C/C=C(/C)CCC=C(C)C. The van der Waals surface area contributed by atoms with Crippen LogP contribution >= 0.6 is 0 Å². The standard InChI is InChI=1S/C37H55NO2/c1-27(2)13-10-16-30(7)19-22-33-23-26-36(40-37(38)39)35(25-21-32(9)18-12-15-29(5)6)34(33)24-20-31(8)17-11-14-28(3)4/h13-15,19-21,23,26H,10-12,16-18,22,24-25H2,1-9H3,(H2,38,39)/b30-19-,31-20-,32-21-. The maximum absolute atomic E-state index is 11.8. The molecule has 40 heavy (non-hydrogen) atoms. The van der Waals surface area contributed by atoms with Crippen molar-refractivity contribution in [3.05, 3.63) is 98.7 Å². The maximum Gasteiger partial charge on any atom is 0.409 e. The van der Waals surface area contributed by atoms with E-state index in [-0.39, 0.29) is 0 Å². The molecular formula is C37H55NO2. The van der Waals surface area contributed by atoms with Gasteiger partial charge in [-0.1, -0.05) is 76.0 Å². The Morgan fingerprint density at radius 1 is 0.600 bits per heavy atom. The molecule has 0 spiro atoms. The number of amides is 1. The fourth-order valence-corrected chi connectivity index (χ4v) is 4.50. The quantitative estimate of drug-likeness (QED) is 0.210. The van der Waals surface area contributed by atoms with Gasteiger partial charge < -0.3 is 10.5 Å². The smallest absolute Gasteiger partial charge is 0.409 e. The van der Waals surface area contributed by atoms with Crippen molar-refractivity contribution in [1.82, 2.24) is 0 Å². The van der Waals surface area contributed by atoms with Gasteiger partial charge in [0.25, 0.3) is 0 Å². The lowest BCUT2D eigenvalue weighted by atomic mass is 9.91. The first kappa shape index (κ1) is 35.0. The van der Waals surface area contributed by atoms with Crippen molar-refractivity contribution < 1.29 is 9.53 Å². The monoisotopic (exact) mass is 545 g/mol. The summed E-state index contributed by atoms with van der Waals surface area (Å²) in [6, 6.07) is 4.03. The topological polar surface area (TPSA) is 52.3 Å². The third kappa shape index (κ3) is 15.5. The van der Waals surface area contributed by atoms with E-state index in [9.17, 15) is 4.79 Å². The van der Waals surface area contributed by atoms with Crippen LogP contribution in [0.5, 0.6) is 5.75 Å². The lowest BCUT2D eigenvalue weighted by Gasteiger charge is -2.17. The highest BCUT2D eigenvalue weighted by atomic mass is 16.5. The molecule has 220 valence electrons.